The van der Waals surface area contributed by atoms with Crippen LogP contribution in [0.15, 0.2) is 85.0 Å². The Morgan fingerprint density at radius 1 is 0.826 bits per heavy atom. The number of aliphatic hydroxyl groups excluding tert-OH is 1. The van der Waals surface area contributed by atoms with Crippen LogP contribution in [0.1, 0.15) is 11.1 Å². The van der Waals surface area contributed by atoms with Crippen molar-refractivity contribution in [2.24, 2.45) is 11.8 Å². The molecule has 0 bridgehead atoms. The van der Waals surface area contributed by atoms with Gasteiger partial charge in [0.1, 0.15) is 11.6 Å². The zero-order valence-corrected chi connectivity index (χ0v) is 26.0. The van der Waals surface area contributed by atoms with Gasteiger partial charge in [-0.2, -0.15) is 0 Å². The summed E-state index contributed by atoms with van der Waals surface area (Å²) in [5.74, 6) is -2.39. The molecule has 1 unspecified atom stereocenters. The normalized spacial score (nSPS) is 30.2. The second kappa shape index (κ2) is 13.1. The monoisotopic (exact) mass is 626 g/mol. The third-order valence-corrected chi connectivity index (χ3v) is 10.2. The molecule has 10 nitrogen and oxygen atoms in total. The Morgan fingerprint density at radius 3 is 2.24 bits per heavy atom. The Labute approximate surface area is 269 Å². The van der Waals surface area contributed by atoms with Crippen molar-refractivity contribution in [1.29, 1.82) is 0 Å². The van der Waals surface area contributed by atoms with Crippen LogP contribution in [0.4, 0.5) is 0 Å². The lowest BCUT2D eigenvalue weighted by atomic mass is 9.77. The van der Waals surface area contributed by atoms with E-state index in [-0.39, 0.29) is 24.3 Å². The Balaban J connectivity index is 1.24. The first kappa shape index (κ1) is 30.8. The van der Waals surface area contributed by atoms with Crippen molar-refractivity contribution in [3.05, 3.63) is 96.1 Å². The molecule has 1 spiro atoms. The number of rotatable bonds is 9. The minimum Gasteiger partial charge on any atom is -0.394 e. The lowest BCUT2D eigenvalue weighted by Gasteiger charge is -2.39. The van der Waals surface area contributed by atoms with Crippen molar-refractivity contribution in [1.82, 2.24) is 19.6 Å². The van der Waals surface area contributed by atoms with Crippen molar-refractivity contribution >= 4 is 17.7 Å². The number of fused-ring (bicyclic) bond motifs is 2. The van der Waals surface area contributed by atoms with Crippen LogP contribution in [-0.4, -0.2) is 125 Å². The van der Waals surface area contributed by atoms with Crippen molar-refractivity contribution in [3.8, 4) is 0 Å². The fourth-order valence-corrected chi connectivity index (χ4v) is 7.94. The molecule has 3 fully saturated rings. The minimum absolute atomic E-state index is 0.160. The summed E-state index contributed by atoms with van der Waals surface area (Å²) in [5.41, 5.74) is 0.608. The van der Waals surface area contributed by atoms with Gasteiger partial charge in [-0.15, -0.1) is 0 Å². The maximum absolute atomic E-state index is 14.8. The van der Waals surface area contributed by atoms with Crippen LogP contribution >= 0.6 is 0 Å². The number of hydrogen-bond acceptors (Lipinski definition) is 7. The molecule has 3 saturated heterocycles. The fraction of sp³-hybridized carbons (Fsp3) is 0.472. The van der Waals surface area contributed by atoms with Crippen LogP contribution in [0.5, 0.6) is 0 Å². The van der Waals surface area contributed by atoms with E-state index in [0.29, 0.717) is 52.4 Å². The molecule has 2 aromatic carbocycles. The first-order valence-electron chi connectivity index (χ1n) is 16.4. The fourth-order valence-electron chi connectivity index (χ4n) is 7.94. The van der Waals surface area contributed by atoms with E-state index in [0.717, 1.165) is 24.2 Å². The zero-order valence-electron chi connectivity index (χ0n) is 26.0. The van der Waals surface area contributed by atoms with Gasteiger partial charge in [-0.1, -0.05) is 85.0 Å². The molecule has 0 radical (unpaired) electrons. The highest BCUT2D eigenvalue weighted by atomic mass is 16.5. The van der Waals surface area contributed by atoms with Crippen LogP contribution in [0.25, 0.3) is 0 Å². The number of morpholine rings is 1. The van der Waals surface area contributed by atoms with Gasteiger partial charge in [-0.05, 0) is 17.5 Å². The molecular weight excluding hydrogens is 584 g/mol. The molecule has 5 aliphatic heterocycles. The number of ether oxygens (including phenoxy) is 2. The number of hydrogen-bond donors (Lipinski definition) is 1. The lowest BCUT2D eigenvalue weighted by molar-refractivity contribution is -0.151. The summed E-state index contributed by atoms with van der Waals surface area (Å²) < 4.78 is 12.3. The maximum Gasteiger partial charge on any atom is 0.249 e. The van der Waals surface area contributed by atoms with Gasteiger partial charge in [0.05, 0.1) is 43.8 Å². The average Bonchev–Trinajstić information content (AvgIpc) is 3.42. The lowest BCUT2D eigenvalue weighted by Crippen LogP contribution is -2.59. The summed E-state index contributed by atoms with van der Waals surface area (Å²) in [6.45, 7) is 4.99. The zero-order chi connectivity index (χ0) is 31.7. The van der Waals surface area contributed by atoms with Gasteiger partial charge in [0, 0.05) is 45.8 Å². The van der Waals surface area contributed by atoms with Crippen molar-refractivity contribution < 1.29 is 29.0 Å². The van der Waals surface area contributed by atoms with E-state index in [1.54, 1.807) is 14.7 Å². The second-order valence-electron chi connectivity index (χ2n) is 12.9. The smallest absolute Gasteiger partial charge is 0.249 e. The molecule has 0 saturated carbocycles. The number of carbonyl (C=O) groups excluding carboxylic acids is 3. The molecule has 3 amide bonds. The summed E-state index contributed by atoms with van der Waals surface area (Å²) >= 11 is 0. The molecule has 0 aliphatic carbocycles. The van der Waals surface area contributed by atoms with E-state index in [2.05, 4.69) is 4.90 Å². The number of likely N-dealkylation sites (tertiary alicyclic amines) is 1. The summed E-state index contributed by atoms with van der Waals surface area (Å²) in [6.07, 6.45) is 7.35. The molecule has 1 N–H and O–H groups in total. The van der Waals surface area contributed by atoms with Gasteiger partial charge in [-0.3, -0.25) is 19.3 Å². The van der Waals surface area contributed by atoms with Crippen LogP contribution in [-0.2, 0) is 36.8 Å². The molecule has 6 atom stereocenters. The number of aliphatic hydroxyl groups is 1. The maximum atomic E-state index is 14.8. The molecule has 5 aliphatic rings. The minimum atomic E-state index is -1.34. The second-order valence-corrected chi connectivity index (χ2v) is 12.9. The number of carbonyl (C=O) groups is 3. The van der Waals surface area contributed by atoms with E-state index in [4.69, 9.17) is 9.47 Å². The largest absolute Gasteiger partial charge is 0.394 e. The van der Waals surface area contributed by atoms with Gasteiger partial charge in [0.2, 0.25) is 17.7 Å². The Morgan fingerprint density at radius 2 is 1.52 bits per heavy atom. The quantitative estimate of drug-likeness (QED) is 0.421. The molecule has 2 aromatic rings. The molecule has 242 valence electrons. The first-order chi connectivity index (χ1) is 22.5. The van der Waals surface area contributed by atoms with Gasteiger partial charge in [0.25, 0.3) is 0 Å². The van der Waals surface area contributed by atoms with Crippen molar-refractivity contribution in [2.75, 3.05) is 59.1 Å². The summed E-state index contributed by atoms with van der Waals surface area (Å²) in [6, 6.07) is 17.8. The van der Waals surface area contributed by atoms with Gasteiger partial charge in [0.15, 0.2) is 0 Å². The summed E-state index contributed by atoms with van der Waals surface area (Å²) in [5, 5.41) is 10.8. The van der Waals surface area contributed by atoms with Crippen LogP contribution in [0.2, 0.25) is 0 Å². The number of nitrogens with zero attached hydrogens (tertiary/aromatic N) is 4. The highest BCUT2D eigenvalue weighted by Gasteiger charge is 2.72. The van der Waals surface area contributed by atoms with E-state index in [1.807, 2.05) is 85.0 Å². The highest BCUT2D eigenvalue weighted by Crippen LogP contribution is 2.54. The van der Waals surface area contributed by atoms with Crippen LogP contribution in [0, 0.1) is 11.8 Å². The number of amides is 3. The Bertz CT molecular complexity index is 1480. The summed E-state index contributed by atoms with van der Waals surface area (Å²) in [7, 11) is 0. The Kier molecular flexibility index (Phi) is 8.78. The predicted molar refractivity (Wildman–Crippen MR) is 170 cm³/mol. The molecule has 0 aromatic heterocycles. The van der Waals surface area contributed by atoms with Crippen molar-refractivity contribution in [2.45, 2.75) is 36.8 Å². The third kappa shape index (κ3) is 5.57. The molecule has 5 heterocycles. The Hall–Kier alpha value is -3.83. The molecule has 7 rings (SSSR count). The molecule has 46 heavy (non-hydrogen) atoms. The summed E-state index contributed by atoms with van der Waals surface area (Å²) in [4.78, 5) is 51.3. The van der Waals surface area contributed by atoms with Gasteiger partial charge in [-0.25, -0.2) is 0 Å². The standard InChI is InChI=1S/C36H42N4O6/c41-25-28(23-26-9-3-1-4-10-26)40-32-35(44)38(18-17-37-19-21-45-22-20-37)16-8-14-36(32)31(34(40)43)30-29(46-36)13-7-15-39(33(30)42)24-27-11-5-2-6-12-27/h1-14,28-32,41H,15-25H2/t28-,29+,30-,31+,32?,36+/m1/s1. The van der Waals surface area contributed by atoms with E-state index < -0.39 is 35.6 Å². The van der Waals surface area contributed by atoms with Crippen LogP contribution in [0.3, 0.4) is 0 Å². The molecular formula is C36H42N4O6. The average molecular weight is 627 g/mol. The topological polar surface area (TPSA) is 103 Å². The molecule has 10 heteroatoms. The van der Waals surface area contributed by atoms with Gasteiger partial charge >= 0.3 is 0 Å². The highest BCUT2D eigenvalue weighted by molar-refractivity contribution is 6.00. The third-order valence-electron chi connectivity index (χ3n) is 10.2. The van der Waals surface area contributed by atoms with Gasteiger partial charge < -0.3 is 29.3 Å². The number of benzene rings is 2. The van der Waals surface area contributed by atoms with E-state index in [9.17, 15) is 19.5 Å². The van der Waals surface area contributed by atoms with Crippen molar-refractivity contribution in [3.63, 3.8) is 0 Å². The van der Waals surface area contributed by atoms with E-state index in [1.165, 1.54) is 0 Å². The van der Waals surface area contributed by atoms with E-state index >= 15 is 0 Å². The predicted octanol–water partition coefficient (Wildman–Crippen LogP) is 1.50. The first-order valence-corrected chi connectivity index (χ1v) is 16.4. The SMILES string of the molecule is O=C1C2N([C@@H](CO)Cc3ccccc3)C(=O)[C@@H]3[C@@H]4C(=O)N(Cc5ccccc5)CC=C[C@@H]4O[C@]23C=CCN1CCN1CCOCC1. The van der Waals surface area contributed by atoms with Crippen LogP contribution < -0.4 is 0 Å².